The van der Waals surface area contributed by atoms with E-state index in [9.17, 15) is 4.79 Å². The lowest BCUT2D eigenvalue weighted by atomic mass is 9.78. The third-order valence-corrected chi connectivity index (χ3v) is 3.87. The number of carbonyl (C=O) groups excluding carboxylic acids is 1. The van der Waals surface area contributed by atoms with Crippen molar-refractivity contribution in [1.82, 2.24) is 10.3 Å². The van der Waals surface area contributed by atoms with Gasteiger partial charge in [-0.2, -0.15) is 0 Å². The molecule has 15 heavy (non-hydrogen) atoms. The zero-order chi connectivity index (χ0) is 10.7. The lowest BCUT2D eigenvalue weighted by Gasteiger charge is -2.32. The van der Waals surface area contributed by atoms with Gasteiger partial charge in [-0.3, -0.25) is 9.78 Å². The summed E-state index contributed by atoms with van der Waals surface area (Å²) in [7, 11) is 0. The molecule has 0 bridgehead atoms. The van der Waals surface area contributed by atoms with E-state index in [4.69, 9.17) is 0 Å². The van der Waals surface area contributed by atoms with Crippen LogP contribution in [-0.4, -0.2) is 23.9 Å². The highest BCUT2D eigenvalue weighted by Gasteiger charge is 2.34. The van der Waals surface area contributed by atoms with Crippen LogP contribution in [0.2, 0.25) is 0 Å². The van der Waals surface area contributed by atoms with Crippen LogP contribution in [0.25, 0.3) is 0 Å². The number of hydrogen-bond acceptors (Lipinski definition) is 4. The summed E-state index contributed by atoms with van der Waals surface area (Å²) in [5.41, 5.74) is 1.62. The molecule has 1 aliphatic rings. The van der Waals surface area contributed by atoms with Crippen molar-refractivity contribution < 1.29 is 4.79 Å². The summed E-state index contributed by atoms with van der Waals surface area (Å²) in [6.45, 7) is 3.94. The molecule has 2 rings (SSSR count). The molecule has 0 saturated carbocycles. The average Bonchev–Trinajstić information content (AvgIpc) is 2.71. The lowest BCUT2D eigenvalue weighted by molar-refractivity contribution is -0.128. The molecule has 1 aromatic rings. The van der Waals surface area contributed by atoms with Crippen LogP contribution in [0, 0.1) is 5.41 Å². The fourth-order valence-electron chi connectivity index (χ4n) is 2.00. The van der Waals surface area contributed by atoms with Crippen LogP contribution in [0.5, 0.6) is 0 Å². The number of rotatable bonds is 3. The van der Waals surface area contributed by atoms with Crippen molar-refractivity contribution in [2.24, 2.45) is 5.41 Å². The first kappa shape index (κ1) is 10.8. The summed E-state index contributed by atoms with van der Waals surface area (Å²) in [4.78, 5) is 17.2. The molecule has 1 fully saturated rings. The van der Waals surface area contributed by atoms with Gasteiger partial charge in [0.1, 0.15) is 5.78 Å². The average molecular weight is 224 g/mol. The zero-order valence-corrected chi connectivity index (χ0v) is 9.77. The van der Waals surface area contributed by atoms with Crippen LogP contribution in [0.1, 0.15) is 24.6 Å². The van der Waals surface area contributed by atoms with E-state index in [1.54, 1.807) is 23.0 Å². The summed E-state index contributed by atoms with van der Waals surface area (Å²) < 4.78 is 0. The highest BCUT2D eigenvalue weighted by molar-refractivity contribution is 7.09. The molecule has 82 valence electrons. The first-order chi connectivity index (χ1) is 7.21. The van der Waals surface area contributed by atoms with Gasteiger partial charge in [0, 0.05) is 29.5 Å². The van der Waals surface area contributed by atoms with E-state index in [0.717, 1.165) is 30.8 Å². The van der Waals surface area contributed by atoms with E-state index >= 15 is 0 Å². The number of piperidine rings is 1. The van der Waals surface area contributed by atoms with Gasteiger partial charge in [-0.15, -0.1) is 11.3 Å². The van der Waals surface area contributed by atoms with Gasteiger partial charge in [0.2, 0.25) is 0 Å². The fraction of sp³-hybridized carbons (Fsp3) is 0.636. The molecule has 1 unspecified atom stereocenters. The van der Waals surface area contributed by atoms with Crippen molar-refractivity contribution >= 4 is 17.1 Å². The van der Waals surface area contributed by atoms with Crippen LogP contribution < -0.4 is 5.32 Å². The Kier molecular flexibility index (Phi) is 3.17. The van der Waals surface area contributed by atoms with Crippen molar-refractivity contribution in [3.63, 3.8) is 0 Å². The number of thiazole rings is 1. The first-order valence-electron chi connectivity index (χ1n) is 5.32. The second-order valence-corrected chi connectivity index (χ2v) is 5.38. The number of hydrogen-bond donors (Lipinski definition) is 1. The predicted molar refractivity (Wildman–Crippen MR) is 61.0 cm³/mol. The van der Waals surface area contributed by atoms with Gasteiger partial charge in [0.15, 0.2) is 0 Å². The quantitative estimate of drug-likeness (QED) is 0.848. The third kappa shape index (κ3) is 2.44. The third-order valence-electron chi connectivity index (χ3n) is 3.09. The largest absolute Gasteiger partial charge is 0.316 e. The Bertz CT molecular complexity index is 328. The minimum atomic E-state index is -0.164. The summed E-state index contributed by atoms with van der Waals surface area (Å²) in [6, 6.07) is 0. The smallest absolute Gasteiger partial charge is 0.145 e. The van der Waals surface area contributed by atoms with Crippen LogP contribution in [0.15, 0.2) is 11.7 Å². The SMILES string of the molecule is CC1(C(=O)Cc2cncs2)CCCNC1. The van der Waals surface area contributed by atoms with Gasteiger partial charge >= 0.3 is 0 Å². The van der Waals surface area contributed by atoms with Gasteiger partial charge < -0.3 is 5.32 Å². The second kappa shape index (κ2) is 4.41. The normalized spacial score (nSPS) is 26.5. The van der Waals surface area contributed by atoms with Gasteiger partial charge in [-0.1, -0.05) is 6.92 Å². The Morgan fingerprint density at radius 1 is 1.73 bits per heavy atom. The van der Waals surface area contributed by atoms with Gasteiger partial charge in [-0.05, 0) is 19.4 Å². The van der Waals surface area contributed by atoms with Crippen molar-refractivity contribution in [2.45, 2.75) is 26.2 Å². The minimum Gasteiger partial charge on any atom is -0.316 e. The maximum atomic E-state index is 12.1. The van der Waals surface area contributed by atoms with Crippen molar-refractivity contribution in [1.29, 1.82) is 0 Å². The second-order valence-electron chi connectivity index (χ2n) is 4.41. The number of nitrogens with zero attached hydrogens (tertiary/aromatic N) is 1. The summed E-state index contributed by atoms with van der Waals surface area (Å²) >= 11 is 1.56. The number of nitrogens with one attached hydrogen (secondary N) is 1. The van der Waals surface area contributed by atoms with E-state index in [-0.39, 0.29) is 5.41 Å². The molecule has 1 aliphatic heterocycles. The monoisotopic (exact) mass is 224 g/mol. The van der Waals surface area contributed by atoms with Gasteiger partial charge in [-0.25, -0.2) is 0 Å². The Hall–Kier alpha value is -0.740. The first-order valence-corrected chi connectivity index (χ1v) is 6.20. The molecule has 0 amide bonds. The van der Waals surface area contributed by atoms with Crippen LogP contribution in [0.4, 0.5) is 0 Å². The summed E-state index contributed by atoms with van der Waals surface area (Å²) in [5, 5.41) is 3.30. The maximum absolute atomic E-state index is 12.1. The highest BCUT2D eigenvalue weighted by Crippen LogP contribution is 2.28. The van der Waals surface area contributed by atoms with Crippen LogP contribution in [0.3, 0.4) is 0 Å². The van der Waals surface area contributed by atoms with E-state index in [0.29, 0.717) is 12.2 Å². The van der Waals surface area contributed by atoms with Crippen LogP contribution >= 0.6 is 11.3 Å². The number of Topliss-reactive ketones (excluding diaryl/α,β-unsaturated/α-hetero) is 1. The maximum Gasteiger partial charge on any atom is 0.145 e. The summed E-state index contributed by atoms with van der Waals surface area (Å²) in [6.07, 6.45) is 4.45. The number of aromatic nitrogens is 1. The topological polar surface area (TPSA) is 42.0 Å². The molecule has 1 atom stereocenters. The molecular formula is C11H16N2OS. The zero-order valence-electron chi connectivity index (χ0n) is 8.95. The minimum absolute atomic E-state index is 0.164. The summed E-state index contributed by atoms with van der Waals surface area (Å²) in [5.74, 6) is 0.346. The van der Waals surface area contributed by atoms with Crippen molar-refractivity contribution in [3.8, 4) is 0 Å². The molecule has 0 aromatic carbocycles. The molecule has 2 heterocycles. The molecule has 4 heteroatoms. The van der Waals surface area contributed by atoms with E-state index in [2.05, 4.69) is 17.2 Å². The van der Waals surface area contributed by atoms with E-state index in [1.165, 1.54) is 0 Å². The molecule has 1 saturated heterocycles. The van der Waals surface area contributed by atoms with Crippen molar-refractivity contribution in [2.75, 3.05) is 13.1 Å². The standard InChI is InChI=1S/C11H16N2OS/c1-11(3-2-4-12-7-11)10(14)5-9-6-13-8-15-9/h6,8,12H,2-5,7H2,1H3. The molecule has 1 N–H and O–H groups in total. The number of carbonyl (C=O) groups is 1. The Labute approximate surface area is 93.9 Å². The fourth-order valence-corrected chi connectivity index (χ4v) is 2.59. The Morgan fingerprint density at radius 3 is 3.20 bits per heavy atom. The number of ketones is 1. The molecule has 1 aromatic heterocycles. The molecule has 0 radical (unpaired) electrons. The molecule has 3 nitrogen and oxygen atoms in total. The Balaban J connectivity index is 2.00. The van der Waals surface area contributed by atoms with Crippen LogP contribution in [-0.2, 0) is 11.2 Å². The highest BCUT2D eigenvalue weighted by atomic mass is 32.1. The van der Waals surface area contributed by atoms with E-state index < -0.39 is 0 Å². The van der Waals surface area contributed by atoms with Crippen molar-refractivity contribution in [3.05, 3.63) is 16.6 Å². The molecular weight excluding hydrogens is 208 g/mol. The molecule has 0 aliphatic carbocycles. The van der Waals surface area contributed by atoms with Gasteiger partial charge in [0.05, 0.1) is 5.51 Å². The van der Waals surface area contributed by atoms with E-state index in [1.807, 2.05) is 0 Å². The van der Waals surface area contributed by atoms with Gasteiger partial charge in [0.25, 0.3) is 0 Å². The Morgan fingerprint density at radius 2 is 2.60 bits per heavy atom. The lowest BCUT2D eigenvalue weighted by Crippen LogP contribution is -2.43. The molecule has 0 spiro atoms. The predicted octanol–water partition coefficient (Wildman–Crippen LogP) is 1.64.